The Labute approximate surface area is 190 Å². The Morgan fingerprint density at radius 2 is 1.48 bits per heavy atom. The molecule has 33 heavy (non-hydrogen) atoms. The van der Waals surface area contributed by atoms with E-state index in [9.17, 15) is 22.0 Å². The summed E-state index contributed by atoms with van der Waals surface area (Å²) in [6.07, 6.45) is 0.414. The van der Waals surface area contributed by atoms with E-state index in [1.807, 2.05) is 6.92 Å². The van der Waals surface area contributed by atoms with E-state index in [2.05, 4.69) is 0 Å². The standard InChI is InChI=1S/C25H21F2NO4S/c1-16-22(23-14-19(27)7-12-24(23)28(16)15-25(29)32-2)13-17-3-8-20(9-4-17)33(30,31)21-10-5-18(26)6-11-21/h3-12,14H,13,15H2,1-2H3. The number of halogens is 2. The molecule has 0 atom stereocenters. The molecule has 8 heteroatoms. The van der Waals surface area contributed by atoms with E-state index < -0.39 is 21.6 Å². The average molecular weight is 470 g/mol. The minimum atomic E-state index is -3.78. The van der Waals surface area contributed by atoms with Gasteiger partial charge in [0.1, 0.15) is 18.2 Å². The van der Waals surface area contributed by atoms with Crippen LogP contribution in [0.25, 0.3) is 10.9 Å². The lowest BCUT2D eigenvalue weighted by Gasteiger charge is -2.08. The molecule has 0 saturated heterocycles. The Morgan fingerprint density at radius 3 is 2.09 bits per heavy atom. The molecule has 1 aromatic heterocycles. The molecular weight excluding hydrogens is 448 g/mol. The van der Waals surface area contributed by atoms with Gasteiger partial charge in [-0.05, 0) is 79.1 Å². The van der Waals surface area contributed by atoms with Crippen LogP contribution in [-0.4, -0.2) is 26.1 Å². The lowest BCUT2D eigenvalue weighted by atomic mass is 10.0. The van der Waals surface area contributed by atoms with Crippen molar-refractivity contribution in [3.8, 4) is 0 Å². The highest BCUT2D eigenvalue weighted by Gasteiger charge is 2.20. The van der Waals surface area contributed by atoms with Crippen molar-refractivity contribution in [2.24, 2.45) is 0 Å². The third-order valence-corrected chi connectivity index (χ3v) is 7.46. The Kier molecular flexibility index (Phi) is 6.03. The number of sulfone groups is 1. The number of ether oxygens (including phenoxy) is 1. The molecule has 0 N–H and O–H groups in total. The topological polar surface area (TPSA) is 65.4 Å². The van der Waals surface area contributed by atoms with Gasteiger partial charge in [0, 0.05) is 16.6 Å². The van der Waals surface area contributed by atoms with Crippen LogP contribution in [0, 0.1) is 18.6 Å². The van der Waals surface area contributed by atoms with Gasteiger partial charge in [-0.1, -0.05) is 12.1 Å². The van der Waals surface area contributed by atoms with Crippen molar-refractivity contribution in [3.63, 3.8) is 0 Å². The number of rotatable bonds is 6. The minimum Gasteiger partial charge on any atom is -0.468 e. The van der Waals surface area contributed by atoms with Gasteiger partial charge in [-0.2, -0.15) is 0 Å². The summed E-state index contributed by atoms with van der Waals surface area (Å²) in [6, 6.07) is 15.4. The maximum absolute atomic E-state index is 14.0. The maximum atomic E-state index is 14.0. The van der Waals surface area contributed by atoms with Crippen molar-refractivity contribution >= 4 is 26.7 Å². The van der Waals surface area contributed by atoms with Crippen molar-refractivity contribution < 1.29 is 26.7 Å². The van der Waals surface area contributed by atoms with Gasteiger partial charge in [0.25, 0.3) is 0 Å². The zero-order chi connectivity index (χ0) is 23.8. The highest BCUT2D eigenvalue weighted by Crippen LogP contribution is 2.30. The second-order valence-corrected chi connectivity index (χ2v) is 9.62. The number of esters is 1. The fourth-order valence-electron chi connectivity index (χ4n) is 3.88. The average Bonchev–Trinajstić information content (AvgIpc) is 3.04. The van der Waals surface area contributed by atoms with Crippen LogP contribution in [0.2, 0.25) is 0 Å². The molecule has 4 aromatic rings. The van der Waals surface area contributed by atoms with Crippen molar-refractivity contribution in [1.82, 2.24) is 4.57 Å². The van der Waals surface area contributed by atoms with Gasteiger partial charge in [-0.25, -0.2) is 17.2 Å². The molecule has 3 aromatic carbocycles. The van der Waals surface area contributed by atoms with Crippen LogP contribution < -0.4 is 0 Å². The predicted octanol–water partition coefficient (Wildman–Crippen LogP) is 4.82. The normalized spacial score (nSPS) is 11.6. The van der Waals surface area contributed by atoms with E-state index in [0.29, 0.717) is 17.3 Å². The molecular formula is C25H21F2NO4S. The summed E-state index contributed by atoms with van der Waals surface area (Å²) in [6.45, 7) is 1.85. The lowest BCUT2D eigenvalue weighted by Crippen LogP contribution is -2.12. The third kappa shape index (κ3) is 4.39. The molecule has 0 aliphatic carbocycles. The van der Waals surface area contributed by atoms with Crippen LogP contribution in [0.1, 0.15) is 16.8 Å². The summed E-state index contributed by atoms with van der Waals surface area (Å²) in [5.41, 5.74) is 3.16. The first-order chi connectivity index (χ1) is 15.7. The second-order valence-electron chi connectivity index (χ2n) is 7.67. The summed E-state index contributed by atoms with van der Waals surface area (Å²) in [7, 11) is -2.47. The summed E-state index contributed by atoms with van der Waals surface area (Å²) in [5.74, 6) is -1.32. The number of benzene rings is 3. The highest BCUT2D eigenvalue weighted by molar-refractivity contribution is 7.91. The van der Waals surface area contributed by atoms with Gasteiger partial charge in [0.05, 0.1) is 16.9 Å². The molecule has 170 valence electrons. The summed E-state index contributed by atoms with van der Waals surface area (Å²) in [4.78, 5) is 12.0. The number of aromatic nitrogens is 1. The van der Waals surface area contributed by atoms with Gasteiger partial charge >= 0.3 is 5.97 Å². The van der Waals surface area contributed by atoms with Crippen molar-refractivity contribution in [2.45, 2.75) is 29.7 Å². The molecule has 0 fully saturated rings. The second kappa shape index (κ2) is 8.78. The van der Waals surface area contributed by atoms with Crippen molar-refractivity contribution in [3.05, 3.63) is 95.2 Å². The first-order valence-corrected chi connectivity index (χ1v) is 11.6. The zero-order valence-electron chi connectivity index (χ0n) is 18.0. The van der Waals surface area contributed by atoms with Gasteiger partial charge in [0.15, 0.2) is 0 Å². The molecule has 0 aliphatic rings. The smallest absolute Gasteiger partial charge is 0.325 e. The van der Waals surface area contributed by atoms with Crippen LogP contribution in [-0.2, 0) is 32.3 Å². The van der Waals surface area contributed by atoms with Crippen LogP contribution in [0.3, 0.4) is 0 Å². The zero-order valence-corrected chi connectivity index (χ0v) is 18.8. The molecule has 0 amide bonds. The van der Waals surface area contributed by atoms with Gasteiger partial charge in [-0.3, -0.25) is 4.79 Å². The number of nitrogens with zero attached hydrogens (tertiary/aromatic N) is 1. The fourth-order valence-corrected chi connectivity index (χ4v) is 5.15. The van der Waals surface area contributed by atoms with E-state index in [0.717, 1.165) is 29.0 Å². The molecule has 0 aliphatic heterocycles. The van der Waals surface area contributed by atoms with Crippen LogP contribution in [0.4, 0.5) is 8.78 Å². The molecule has 0 spiro atoms. The highest BCUT2D eigenvalue weighted by atomic mass is 32.2. The minimum absolute atomic E-state index is 0.000677. The number of carbonyl (C=O) groups excluding carboxylic acids is 1. The van der Waals surface area contributed by atoms with Crippen LogP contribution in [0.15, 0.2) is 76.5 Å². The number of hydrogen-bond donors (Lipinski definition) is 0. The van der Waals surface area contributed by atoms with E-state index in [-0.39, 0.29) is 22.2 Å². The van der Waals surface area contributed by atoms with E-state index in [1.165, 1.54) is 43.5 Å². The largest absolute Gasteiger partial charge is 0.468 e. The van der Waals surface area contributed by atoms with Gasteiger partial charge < -0.3 is 9.30 Å². The monoisotopic (exact) mass is 469 g/mol. The van der Waals surface area contributed by atoms with Crippen LogP contribution >= 0.6 is 0 Å². The number of hydrogen-bond acceptors (Lipinski definition) is 4. The predicted molar refractivity (Wildman–Crippen MR) is 120 cm³/mol. The van der Waals surface area contributed by atoms with E-state index >= 15 is 0 Å². The quantitative estimate of drug-likeness (QED) is 0.300. The van der Waals surface area contributed by atoms with Gasteiger partial charge in [-0.15, -0.1) is 0 Å². The Bertz CT molecular complexity index is 1440. The fraction of sp³-hybridized carbons (Fsp3) is 0.160. The molecule has 4 rings (SSSR count). The number of carbonyl (C=O) groups is 1. The van der Waals surface area contributed by atoms with Crippen LogP contribution in [0.5, 0.6) is 0 Å². The number of fused-ring (bicyclic) bond motifs is 1. The Hall–Kier alpha value is -3.52. The molecule has 0 bridgehead atoms. The first kappa shape index (κ1) is 22.7. The molecule has 0 saturated carbocycles. The Balaban J connectivity index is 1.69. The molecule has 1 heterocycles. The lowest BCUT2D eigenvalue weighted by molar-refractivity contribution is -0.141. The molecule has 5 nitrogen and oxygen atoms in total. The summed E-state index contributed by atoms with van der Waals surface area (Å²) in [5, 5.41) is 0.680. The first-order valence-electron chi connectivity index (χ1n) is 10.1. The summed E-state index contributed by atoms with van der Waals surface area (Å²) >= 11 is 0. The third-order valence-electron chi connectivity index (χ3n) is 5.67. The number of methoxy groups -OCH3 is 1. The molecule has 0 unspecified atom stereocenters. The SMILES string of the molecule is COC(=O)Cn1c(C)c(Cc2ccc(S(=O)(=O)c3ccc(F)cc3)cc2)c2cc(F)ccc21. The van der Waals surface area contributed by atoms with E-state index in [4.69, 9.17) is 4.74 Å². The van der Waals surface area contributed by atoms with Gasteiger partial charge in [0.2, 0.25) is 9.84 Å². The van der Waals surface area contributed by atoms with E-state index in [1.54, 1.807) is 22.8 Å². The molecule has 0 radical (unpaired) electrons. The van der Waals surface area contributed by atoms with Crippen molar-refractivity contribution in [1.29, 1.82) is 0 Å². The Morgan fingerprint density at radius 1 is 0.909 bits per heavy atom. The van der Waals surface area contributed by atoms with Crippen molar-refractivity contribution in [2.75, 3.05) is 7.11 Å². The summed E-state index contributed by atoms with van der Waals surface area (Å²) < 4.78 is 59.3. The maximum Gasteiger partial charge on any atom is 0.325 e.